The van der Waals surface area contributed by atoms with E-state index in [1.807, 2.05) is 0 Å². The Balaban J connectivity index is 1.62. The number of hydrogen-bond donors (Lipinski definition) is 5. The number of fused-ring (bicyclic) bond motifs is 1. The van der Waals surface area contributed by atoms with Crippen LogP contribution >= 0.6 is 0 Å². The zero-order valence-corrected chi connectivity index (χ0v) is 15.6. The molecule has 1 aliphatic heterocycles. The molecule has 1 aliphatic rings. The fourth-order valence-electron chi connectivity index (χ4n) is 3.32. The van der Waals surface area contributed by atoms with Crippen molar-refractivity contribution in [3.05, 3.63) is 59.0 Å². The van der Waals surface area contributed by atoms with Crippen LogP contribution in [0.2, 0.25) is 0 Å². The molecular formula is C21H20O9. The Kier molecular flexibility index (Phi) is 5.46. The number of ether oxygens (including phenoxy) is 2. The summed E-state index contributed by atoms with van der Waals surface area (Å²) in [6.07, 6.45) is -5.75. The van der Waals surface area contributed by atoms with Crippen molar-refractivity contribution in [2.75, 3.05) is 6.61 Å². The Morgan fingerprint density at radius 1 is 0.967 bits per heavy atom. The third-order valence-corrected chi connectivity index (χ3v) is 5.03. The van der Waals surface area contributed by atoms with E-state index in [9.17, 15) is 30.3 Å². The van der Waals surface area contributed by atoms with Gasteiger partial charge in [-0.1, -0.05) is 12.1 Å². The van der Waals surface area contributed by atoms with Gasteiger partial charge in [-0.05, 0) is 29.8 Å². The van der Waals surface area contributed by atoms with Gasteiger partial charge in [-0.25, -0.2) is 0 Å². The monoisotopic (exact) mass is 416 g/mol. The molecule has 9 nitrogen and oxygen atoms in total. The van der Waals surface area contributed by atoms with E-state index in [0.717, 1.165) is 0 Å². The molecule has 9 heteroatoms. The summed E-state index contributed by atoms with van der Waals surface area (Å²) in [6.45, 7) is -0.572. The average Bonchev–Trinajstić information content (AvgIpc) is 2.75. The molecule has 5 atom stereocenters. The molecule has 30 heavy (non-hydrogen) atoms. The van der Waals surface area contributed by atoms with E-state index in [-0.39, 0.29) is 22.5 Å². The minimum atomic E-state index is -1.56. The van der Waals surface area contributed by atoms with Crippen LogP contribution in [0.25, 0.3) is 22.1 Å². The minimum absolute atomic E-state index is 0.0823. The van der Waals surface area contributed by atoms with Crippen molar-refractivity contribution < 1.29 is 39.4 Å². The Bertz CT molecular complexity index is 1090. The maximum absolute atomic E-state index is 12.8. The van der Waals surface area contributed by atoms with E-state index in [1.165, 1.54) is 36.6 Å². The van der Waals surface area contributed by atoms with Crippen molar-refractivity contribution in [3.8, 4) is 22.6 Å². The maximum Gasteiger partial charge on any atom is 0.229 e. The van der Waals surface area contributed by atoms with Crippen LogP contribution < -0.4 is 10.2 Å². The normalized spacial score (nSPS) is 26.6. The van der Waals surface area contributed by atoms with Crippen LogP contribution in [0.3, 0.4) is 0 Å². The molecule has 3 aromatic rings. The minimum Gasteiger partial charge on any atom is -0.508 e. The molecule has 0 unspecified atom stereocenters. The van der Waals surface area contributed by atoms with Gasteiger partial charge in [0.25, 0.3) is 0 Å². The van der Waals surface area contributed by atoms with Gasteiger partial charge in [0.1, 0.15) is 47.8 Å². The second-order valence-electron chi connectivity index (χ2n) is 7.00. The fourth-order valence-corrected chi connectivity index (χ4v) is 3.32. The Hall–Kier alpha value is -2.95. The van der Waals surface area contributed by atoms with Gasteiger partial charge in [0.15, 0.2) is 5.43 Å². The highest BCUT2D eigenvalue weighted by atomic mass is 16.7. The van der Waals surface area contributed by atoms with Crippen LogP contribution in [0.1, 0.15) is 0 Å². The molecule has 5 N–H and O–H groups in total. The summed E-state index contributed by atoms with van der Waals surface area (Å²) in [7, 11) is 0. The molecule has 1 saturated heterocycles. The van der Waals surface area contributed by atoms with E-state index >= 15 is 0 Å². The van der Waals surface area contributed by atoms with Crippen molar-refractivity contribution in [1.29, 1.82) is 0 Å². The molecule has 4 rings (SSSR count). The Morgan fingerprint density at radius 2 is 1.70 bits per heavy atom. The van der Waals surface area contributed by atoms with Crippen LogP contribution in [-0.4, -0.2) is 62.8 Å². The van der Waals surface area contributed by atoms with Crippen LogP contribution in [0.4, 0.5) is 0 Å². The first-order valence-corrected chi connectivity index (χ1v) is 9.21. The molecule has 0 amide bonds. The van der Waals surface area contributed by atoms with Crippen LogP contribution in [0, 0.1) is 0 Å². The Morgan fingerprint density at radius 3 is 2.40 bits per heavy atom. The van der Waals surface area contributed by atoms with Gasteiger partial charge >= 0.3 is 0 Å². The molecule has 2 aromatic carbocycles. The largest absolute Gasteiger partial charge is 0.508 e. The predicted octanol–water partition coefficient (Wildman–Crippen LogP) is 0.344. The standard InChI is InChI=1S/C21H20O9/c22-8-16-18(25)19(26)20(27)21(30-16)29-12-5-6-13-15(7-12)28-9-14(17(13)24)10-1-3-11(23)4-2-10/h1-7,9,16,18-23,25-27H,8H2/t16-,18+,19+,20+,21+/m0/s1. The van der Waals surface area contributed by atoms with Gasteiger partial charge in [0.05, 0.1) is 17.6 Å². The van der Waals surface area contributed by atoms with E-state index in [1.54, 1.807) is 12.1 Å². The highest BCUT2D eigenvalue weighted by molar-refractivity contribution is 5.82. The second kappa shape index (κ2) is 8.05. The number of phenolic OH excluding ortho intramolecular Hbond substituents is 1. The van der Waals surface area contributed by atoms with Crippen molar-refractivity contribution in [2.24, 2.45) is 0 Å². The number of aromatic hydroxyl groups is 1. The third-order valence-electron chi connectivity index (χ3n) is 5.03. The van der Waals surface area contributed by atoms with Crippen molar-refractivity contribution in [1.82, 2.24) is 0 Å². The third kappa shape index (κ3) is 3.64. The topological polar surface area (TPSA) is 150 Å². The average molecular weight is 416 g/mol. The molecule has 158 valence electrons. The van der Waals surface area contributed by atoms with E-state index in [2.05, 4.69) is 0 Å². The first-order chi connectivity index (χ1) is 14.4. The SMILES string of the molecule is O=c1c(-c2ccc(O)cc2)coc2cc(O[C@@H]3O[C@@H](CO)[C@@H](O)[C@@H](O)[C@H]3O)ccc12. The molecule has 0 saturated carbocycles. The lowest BCUT2D eigenvalue weighted by Gasteiger charge is -2.39. The summed E-state index contributed by atoms with van der Waals surface area (Å²) in [5.74, 6) is 0.270. The van der Waals surface area contributed by atoms with E-state index in [0.29, 0.717) is 16.5 Å². The van der Waals surface area contributed by atoms with Gasteiger partial charge in [-0.15, -0.1) is 0 Å². The van der Waals surface area contributed by atoms with Gasteiger partial charge in [-0.3, -0.25) is 4.79 Å². The molecule has 0 bridgehead atoms. The lowest BCUT2D eigenvalue weighted by molar-refractivity contribution is -0.277. The zero-order chi connectivity index (χ0) is 21.4. The quantitative estimate of drug-likeness (QED) is 0.406. The molecule has 0 spiro atoms. The van der Waals surface area contributed by atoms with Gasteiger partial charge in [-0.2, -0.15) is 0 Å². The van der Waals surface area contributed by atoms with Crippen LogP contribution in [0.5, 0.6) is 11.5 Å². The van der Waals surface area contributed by atoms with Crippen LogP contribution in [-0.2, 0) is 4.74 Å². The lowest BCUT2D eigenvalue weighted by Crippen LogP contribution is -2.60. The van der Waals surface area contributed by atoms with Crippen molar-refractivity contribution in [3.63, 3.8) is 0 Å². The number of rotatable bonds is 4. The highest BCUT2D eigenvalue weighted by Crippen LogP contribution is 2.27. The fraction of sp³-hybridized carbons (Fsp3) is 0.286. The van der Waals surface area contributed by atoms with Gasteiger partial charge in [0.2, 0.25) is 6.29 Å². The first-order valence-electron chi connectivity index (χ1n) is 9.21. The first kappa shape index (κ1) is 20.3. The van der Waals surface area contributed by atoms with Crippen molar-refractivity contribution >= 4 is 11.0 Å². The number of benzene rings is 2. The van der Waals surface area contributed by atoms with Gasteiger partial charge in [0, 0.05) is 6.07 Å². The zero-order valence-electron chi connectivity index (χ0n) is 15.6. The second-order valence-corrected chi connectivity index (χ2v) is 7.00. The van der Waals surface area contributed by atoms with Crippen molar-refractivity contribution in [2.45, 2.75) is 30.7 Å². The van der Waals surface area contributed by atoms with Crippen LogP contribution in [0.15, 0.2) is 57.9 Å². The lowest BCUT2D eigenvalue weighted by atomic mass is 9.99. The summed E-state index contributed by atoms with van der Waals surface area (Å²) >= 11 is 0. The molecule has 0 aliphatic carbocycles. The number of aliphatic hydroxyl groups is 4. The number of phenols is 1. The highest BCUT2D eigenvalue weighted by Gasteiger charge is 2.44. The summed E-state index contributed by atoms with van der Waals surface area (Å²) in [4.78, 5) is 12.8. The molecule has 2 heterocycles. The predicted molar refractivity (Wildman–Crippen MR) is 104 cm³/mol. The van der Waals surface area contributed by atoms with E-state index < -0.39 is 37.3 Å². The molecular weight excluding hydrogens is 396 g/mol. The van der Waals surface area contributed by atoms with Gasteiger partial charge < -0.3 is 39.4 Å². The Labute approximate surface area is 170 Å². The number of hydrogen-bond acceptors (Lipinski definition) is 9. The van der Waals surface area contributed by atoms with E-state index in [4.69, 9.17) is 13.9 Å². The molecule has 1 aromatic heterocycles. The smallest absolute Gasteiger partial charge is 0.229 e. The number of aliphatic hydroxyl groups excluding tert-OH is 4. The maximum atomic E-state index is 12.8. The summed E-state index contributed by atoms with van der Waals surface area (Å²) in [6, 6.07) is 10.5. The summed E-state index contributed by atoms with van der Waals surface area (Å²) in [5.41, 5.74) is 0.862. The molecule has 0 radical (unpaired) electrons. The summed E-state index contributed by atoms with van der Waals surface area (Å²) in [5, 5.41) is 48.7. The summed E-state index contributed by atoms with van der Waals surface area (Å²) < 4.78 is 16.4. The molecule has 1 fully saturated rings.